The summed E-state index contributed by atoms with van der Waals surface area (Å²) in [6, 6.07) is 22.2. The van der Waals surface area contributed by atoms with Crippen molar-refractivity contribution in [2.45, 2.75) is 18.3 Å². The van der Waals surface area contributed by atoms with Gasteiger partial charge < -0.3 is 0 Å². The number of carbonyl (C=O) groups is 1. The van der Waals surface area contributed by atoms with Gasteiger partial charge in [0, 0.05) is 0 Å². The predicted octanol–water partition coefficient (Wildman–Crippen LogP) is 3.52. The number of hydroxylamine groups is 1. The molecule has 5 heteroatoms. The minimum absolute atomic E-state index is 0.215. The Balaban J connectivity index is 2.15. The zero-order valence-corrected chi connectivity index (χ0v) is 14.1. The quantitative estimate of drug-likeness (QED) is 0.438. The molecule has 4 nitrogen and oxygen atoms in total. The zero-order chi connectivity index (χ0) is 17.3. The molecular weight excluding hydrogens is 320 g/mol. The SMILES string of the molecule is N#CC(CCCSCC(=O)NO)(c1ccccc1)c1ccccc1. The highest BCUT2D eigenvalue weighted by atomic mass is 32.2. The largest absolute Gasteiger partial charge is 0.289 e. The van der Waals surface area contributed by atoms with Gasteiger partial charge in [0.05, 0.1) is 11.8 Å². The summed E-state index contributed by atoms with van der Waals surface area (Å²) < 4.78 is 0. The van der Waals surface area contributed by atoms with Crippen molar-refractivity contribution in [3.63, 3.8) is 0 Å². The highest BCUT2D eigenvalue weighted by molar-refractivity contribution is 7.99. The van der Waals surface area contributed by atoms with Crippen LogP contribution >= 0.6 is 11.8 Å². The zero-order valence-electron chi connectivity index (χ0n) is 13.3. The number of benzene rings is 2. The topological polar surface area (TPSA) is 73.1 Å². The van der Waals surface area contributed by atoms with Crippen LogP contribution < -0.4 is 5.48 Å². The Hall–Kier alpha value is -2.29. The average molecular weight is 340 g/mol. The normalized spacial score (nSPS) is 10.8. The standard InChI is InChI=1S/C19H20N2O2S/c20-15-19(16-8-3-1-4-9-16,17-10-5-2-6-11-17)12-7-13-24-14-18(22)21-23/h1-6,8-11,23H,7,12-14H2,(H,21,22). The number of nitrogens with zero attached hydrogens (tertiary/aromatic N) is 1. The van der Waals surface area contributed by atoms with Crippen LogP contribution in [-0.4, -0.2) is 22.6 Å². The molecule has 1 amide bonds. The van der Waals surface area contributed by atoms with Crippen LogP contribution in [0.25, 0.3) is 0 Å². The van der Waals surface area contributed by atoms with E-state index in [9.17, 15) is 10.1 Å². The van der Waals surface area contributed by atoms with Crippen LogP contribution in [0, 0.1) is 11.3 Å². The van der Waals surface area contributed by atoms with E-state index in [0.717, 1.165) is 23.3 Å². The molecule has 2 aromatic rings. The molecule has 0 aliphatic heterocycles. The van der Waals surface area contributed by atoms with Crippen LogP contribution in [0.1, 0.15) is 24.0 Å². The van der Waals surface area contributed by atoms with Crippen LogP contribution in [0.5, 0.6) is 0 Å². The van der Waals surface area contributed by atoms with Gasteiger partial charge in [0.15, 0.2) is 0 Å². The summed E-state index contributed by atoms with van der Waals surface area (Å²) in [5, 5.41) is 18.5. The van der Waals surface area contributed by atoms with Gasteiger partial charge in [-0.25, -0.2) is 5.48 Å². The van der Waals surface area contributed by atoms with Gasteiger partial charge in [-0.2, -0.15) is 17.0 Å². The van der Waals surface area contributed by atoms with Gasteiger partial charge in [-0.15, -0.1) is 0 Å². The molecule has 0 saturated heterocycles. The van der Waals surface area contributed by atoms with E-state index >= 15 is 0 Å². The van der Waals surface area contributed by atoms with E-state index < -0.39 is 11.3 Å². The molecule has 2 N–H and O–H groups in total. The summed E-state index contributed by atoms with van der Waals surface area (Å²) in [5.41, 5.74) is 2.90. The lowest BCUT2D eigenvalue weighted by Crippen LogP contribution is -2.26. The van der Waals surface area contributed by atoms with Gasteiger partial charge in [-0.05, 0) is 29.7 Å². The van der Waals surface area contributed by atoms with Gasteiger partial charge >= 0.3 is 0 Å². The molecule has 0 fully saturated rings. The molecule has 2 aromatic carbocycles. The van der Waals surface area contributed by atoms with Crippen molar-refractivity contribution in [3.05, 3.63) is 71.8 Å². The molecule has 2 rings (SSSR count). The van der Waals surface area contributed by atoms with Crippen LogP contribution in [0.15, 0.2) is 60.7 Å². The van der Waals surface area contributed by atoms with E-state index in [-0.39, 0.29) is 5.75 Å². The first-order valence-electron chi connectivity index (χ1n) is 7.76. The van der Waals surface area contributed by atoms with Crippen molar-refractivity contribution in [3.8, 4) is 6.07 Å². The van der Waals surface area contributed by atoms with E-state index in [0.29, 0.717) is 6.42 Å². The van der Waals surface area contributed by atoms with Crippen LogP contribution in [0.4, 0.5) is 0 Å². The van der Waals surface area contributed by atoms with Gasteiger partial charge in [-0.1, -0.05) is 60.7 Å². The molecule has 24 heavy (non-hydrogen) atoms. The second-order valence-corrected chi connectivity index (χ2v) is 6.55. The maximum atomic E-state index is 11.0. The minimum Gasteiger partial charge on any atom is -0.289 e. The molecule has 0 aromatic heterocycles. The van der Waals surface area contributed by atoms with Gasteiger partial charge in [0.2, 0.25) is 0 Å². The Morgan fingerprint density at radius 2 is 1.62 bits per heavy atom. The maximum absolute atomic E-state index is 11.0. The van der Waals surface area contributed by atoms with Gasteiger partial charge in [-0.3, -0.25) is 10.0 Å². The fourth-order valence-corrected chi connectivity index (χ4v) is 3.46. The molecule has 124 valence electrons. The number of rotatable bonds is 8. The lowest BCUT2D eigenvalue weighted by atomic mass is 9.72. The third-order valence-electron chi connectivity index (χ3n) is 3.92. The number of nitrogens with one attached hydrogen (secondary N) is 1. The Kier molecular flexibility index (Phi) is 6.86. The summed E-state index contributed by atoms with van der Waals surface area (Å²) in [5.74, 6) is 0.557. The highest BCUT2D eigenvalue weighted by Gasteiger charge is 2.33. The van der Waals surface area contributed by atoms with Crippen LogP contribution in [-0.2, 0) is 10.2 Å². The van der Waals surface area contributed by atoms with E-state index in [1.165, 1.54) is 11.8 Å². The molecule has 0 radical (unpaired) electrons. The fraction of sp³-hybridized carbons (Fsp3) is 0.263. The Morgan fingerprint density at radius 1 is 1.08 bits per heavy atom. The Labute approximate surface area is 146 Å². The summed E-state index contributed by atoms with van der Waals surface area (Å²) in [7, 11) is 0. The van der Waals surface area contributed by atoms with E-state index in [1.807, 2.05) is 60.7 Å². The molecular formula is C19H20N2O2S. The number of hydrogen-bond acceptors (Lipinski definition) is 4. The predicted molar refractivity (Wildman–Crippen MR) is 95.8 cm³/mol. The first kappa shape index (κ1) is 18.1. The first-order chi connectivity index (χ1) is 11.7. The summed E-state index contributed by atoms with van der Waals surface area (Å²) in [6.07, 6.45) is 1.46. The smallest absolute Gasteiger partial charge is 0.253 e. The number of thioether (sulfide) groups is 1. The minimum atomic E-state index is -0.692. The van der Waals surface area contributed by atoms with Crippen molar-refractivity contribution in [2.75, 3.05) is 11.5 Å². The van der Waals surface area contributed by atoms with E-state index in [4.69, 9.17) is 5.21 Å². The Bertz CT molecular complexity index is 644. The molecule has 0 heterocycles. The number of carbonyl (C=O) groups excluding carboxylic acids is 1. The lowest BCUT2D eigenvalue weighted by molar-refractivity contribution is -0.126. The first-order valence-corrected chi connectivity index (χ1v) is 8.91. The Morgan fingerprint density at radius 3 is 2.08 bits per heavy atom. The van der Waals surface area contributed by atoms with Gasteiger partial charge in [0.25, 0.3) is 5.91 Å². The number of hydrogen-bond donors (Lipinski definition) is 2. The van der Waals surface area contributed by atoms with Crippen LogP contribution in [0.2, 0.25) is 0 Å². The average Bonchev–Trinajstić information content (AvgIpc) is 2.66. The lowest BCUT2D eigenvalue weighted by Gasteiger charge is -2.28. The molecule has 0 spiro atoms. The highest BCUT2D eigenvalue weighted by Crippen LogP contribution is 2.36. The molecule has 0 saturated carbocycles. The van der Waals surface area contributed by atoms with Crippen molar-refractivity contribution in [2.24, 2.45) is 0 Å². The van der Waals surface area contributed by atoms with Crippen molar-refractivity contribution in [1.29, 1.82) is 5.26 Å². The second kappa shape index (κ2) is 9.11. The van der Waals surface area contributed by atoms with Crippen molar-refractivity contribution < 1.29 is 10.0 Å². The van der Waals surface area contributed by atoms with Crippen LogP contribution in [0.3, 0.4) is 0 Å². The second-order valence-electron chi connectivity index (χ2n) is 5.44. The molecule has 0 atom stereocenters. The maximum Gasteiger partial charge on any atom is 0.253 e. The third kappa shape index (κ3) is 4.38. The molecule has 0 bridgehead atoms. The van der Waals surface area contributed by atoms with E-state index in [2.05, 4.69) is 6.07 Å². The monoisotopic (exact) mass is 340 g/mol. The molecule has 0 aliphatic carbocycles. The molecule has 0 aliphatic rings. The van der Waals surface area contributed by atoms with E-state index in [1.54, 1.807) is 5.48 Å². The van der Waals surface area contributed by atoms with Crippen molar-refractivity contribution >= 4 is 17.7 Å². The third-order valence-corrected chi connectivity index (χ3v) is 4.97. The summed E-state index contributed by atoms with van der Waals surface area (Å²) in [4.78, 5) is 11.0. The number of amides is 1. The summed E-state index contributed by atoms with van der Waals surface area (Å²) >= 11 is 1.45. The summed E-state index contributed by atoms with van der Waals surface area (Å²) in [6.45, 7) is 0. The molecule has 0 unspecified atom stereocenters. The number of nitriles is 1. The van der Waals surface area contributed by atoms with Gasteiger partial charge in [0.1, 0.15) is 5.41 Å². The fourth-order valence-electron chi connectivity index (χ4n) is 2.72. The van der Waals surface area contributed by atoms with Crippen molar-refractivity contribution in [1.82, 2.24) is 5.48 Å².